The van der Waals surface area contributed by atoms with Crippen LogP contribution in [0.2, 0.25) is 0 Å². The lowest BCUT2D eigenvalue weighted by Gasteiger charge is -2.35. The van der Waals surface area contributed by atoms with Crippen molar-refractivity contribution < 1.29 is 9.84 Å². The summed E-state index contributed by atoms with van der Waals surface area (Å²) < 4.78 is 5.43. The van der Waals surface area contributed by atoms with Crippen LogP contribution in [-0.2, 0) is 4.74 Å². The summed E-state index contributed by atoms with van der Waals surface area (Å²) >= 11 is 0. The van der Waals surface area contributed by atoms with Crippen LogP contribution < -0.4 is 0 Å². The van der Waals surface area contributed by atoms with Crippen molar-refractivity contribution in [1.82, 2.24) is 0 Å². The number of rotatable bonds is 0. The summed E-state index contributed by atoms with van der Waals surface area (Å²) in [5.41, 5.74) is -0.933. The third-order valence-electron chi connectivity index (χ3n) is 1.98. The van der Waals surface area contributed by atoms with Crippen LogP contribution in [0.4, 0.5) is 0 Å². The van der Waals surface area contributed by atoms with Crippen LogP contribution >= 0.6 is 0 Å². The molecule has 0 aliphatic carbocycles. The van der Waals surface area contributed by atoms with Crippen LogP contribution in [-0.4, -0.2) is 22.9 Å². The van der Waals surface area contributed by atoms with E-state index in [1.54, 1.807) is 0 Å². The van der Waals surface area contributed by atoms with Gasteiger partial charge in [0.2, 0.25) is 0 Å². The van der Waals surface area contributed by atoms with Gasteiger partial charge in [0.05, 0.1) is 12.2 Å². The molecule has 1 fully saturated rings. The zero-order valence-corrected chi connectivity index (χ0v) is 7.00. The number of aliphatic hydroxyl groups is 1. The second kappa shape index (κ2) is 2.84. The van der Waals surface area contributed by atoms with Gasteiger partial charge < -0.3 is 9.84 Å². The smallest absolute Gasteiger partial charge is 0.130 e. The summed E-state index contributed by atoms with van der Waals surface area (Å²) in [4.78, 5) is 0. The van der Waals surface area contributed by atoms with Crippen LogP contribution in [0, 0.1) is 12.3 Å². The highest BCUT2D eigenvalue weighted by atomic mass is 16.5. The molecule has 1 aliphatic rings. The van der Waals surface area contributed by atoms with Gasteiger partial charge in [0.25, 0.3) is 0 Å². The normalized spacial score (nSPS) is 44.9. The minimum atomic E-state index is -0.933. The Morgan fingerprint density at radius 2 is 1.91 bits per heavy atom. The van der Waals surface area contributed by atoms with E-state index >= 15 is 0 Å². The summed E-state index contributed by atoms with van der Waals surface area (Å²) in [7, 11) is 0. The lowest BCUT2D eigenvalue weighted by Crippen LogP contribution is -2.42. The van der Waals surface area contributed by atoms with Crippen LogP contribution in [0.5, 0.6) is 0 Å². The van der Waals surface area contributed by atoms with Gasteiger partial charge in [-0.25, -0.2) is 0 Å². The fraction of sp³-hybridized carbons (Fsp3) is 0.778. The van der Waals surface area contributed by atoms with Gasteiger partial charge in [-0.15, -0.1) is 6.42 Å². The maximum absolute atomic E-state index is 9.70. The van der Waals surface area contributed by atoms with Gasteiger partial charge in [0, 0.05) is 12.8 Å². The number of hydrogen-bond donors (Lipinski definition) is 1. The Hall–Kier alpha value is -0.520. The Morgan fingerprint density at radius 1 is 1.45 bits per heavy atom. The first kappa shape index (κ1) is 8.58. The molecule has 0 saturated carbocycles. The highest BCUT2D eigenvalue weighted by Gasteiger charge is 2.34. The molecule has 1 heterocycles. The Bertz CT molecular complexity index is 170. The molecule has 0 aromatic heterocycles. The zero-order valence-electron chi connectivity index (χ0n) is 7.00. The van der Waals surface area contributed by atoms with E-state index in [1.807, 2.05) is 13.8 Å². The molecule has 2 heteroatoms. The molecule has 0 aromatic carbocycles. The van der Waals surface area contributed by atoms with E-state index in [0.29, 0.717) is 12.8 Å². The molecule has 62 valence electrons. The second-order valence-corrected chi connectivity index (χ2v) is 3.34. The van der Waals surface area contributed by atoms with Crippen LogP contribution in [0.15, 0.2) is 0 Å². The summed E-state index contributed by atoms with van der Waals surface area (Å²) in [5.74, 6) is 2.42. The van der Waals surface area contributed by atoms with Crippen molar-refractivity contribution >= 4 is 0 Å². The third kappa shape index (κ3) is 1.95. The topological polar surface area (TPSA) is 29.5 Å². The Balaban J connectivity index is 2.64. The summed E-state index contributed by atoms with van der Waals surface area (Å²) in [5, 5.41) is 9.70. The van der Waals surface area contributed by atoms with Gasteiger partial charge in [-0.2, -0.15) is 0 Å². The minimum Gasteiger partial charge on any atom is -0.377 e. The molecule has 0 spiro atoms. The number of ether oxygens (including phenoxy) is 1. The molecule has 0 radical (unpaired) electrons. The maximum atomic E-state index is 9.70. The molecule has 1 saturated heterocycles. The van der Waals surface area contributed by atoms with Gasteiger partial charge in [-0.1, -0.05) is 5.92 Å². The third-order valence-corrected chi connectivity index (χ3v) is 1.98. The zero-order chi connectivity index (χ0) is 8.48. The van der Waals surface area contributed by atoms with E-state index in [1.165, 1.54) is 0 Å². The van der Waals surface area contributed by atoms with E-state index < -0.39 is 5.60 Å². The molecule has 0 amide bonds. The first-order chi connectivity index (χ1) is 5.06. The molecule has 11 heavy (non-hydrogen) atoms. The van der Waals surface area contributed by atoms with E-state index in [4.69, 9.17) is 11.2 Å². The SMILES string of the molecule is C#CC1(O)CC(C)OC(C)C1. The van der Waals surface area contributed by atoms with Crippen molar-refractivity contribution in [3.63, 3.8) is 0 Å². The Labute approximate surface area is 67.6 Å². The molecule has 1 N–H and O–H groups in total. The fourth-order valence-corrected chi connectivity index (χ4v) is 1.65. The monoisotopic (exact) mass is 154 g/mol. The summed E-state index contributed by atoms with van der Waals surface area (Å²) in [6.45, 7) is 3.86. The largest absolute Gasteiger partial charge is 0.377 e. The van der Waals surface area contributed by atoms with Gasteiger partial charge >= 0.3 is 0 Å². The molecule has 2 nitrogen and oxygen atoms in total. The fourth-order valence-electron chi connectivity index (χ4n) is 1.65. The van der Waals surface area contributed by atoms with Crippen molar-refractivity contribution in [2.75, 3.05) is 0 Å². The predicted molar refractivity (Wildman–Crippen MR) is 43.0 cm³/mol. The van der Waals surface area contributed by atoms with E-state index in [2.05, 4.69) is 5.92 Å². The Morgan fingerprint density at radius 3 is 2.27 bits per heavy atom. The molecule has 1 aliphatic heterocycles. The van der Waals surface area contributed by atoms with Crippen LogP contribution in [0.1, 0.15) is 26.7 Å². The van der Waals surface area contributed by atoms with Crippen molar-refractivity contribution in [3.05, 3.63) is 0 Å². The van der Waals surface area contributed by atoms with Crippen LogP contribution in [0.25, 0.3) is 0 Å². The first-order valence-electron chi connectivity index (χ1n) is 3.91. The molecular formula is C9H14O2. The van der Waals surface area contributed by atoms with Crippen molar-refractivity contribution in [1.29, 1.82) is 0 Å². The number of terminal acetylenes is 1. The standard InChI is InChI=1S/C9H14O2/c1-4-9(10)5-7(2)11-8(3)6-9/h1,7-8,10H,5-6H2,2-3H3. The highest BCUT2D eigenvalue weighted by Crippen LogP contribution is 2.27. The first-order valence-corrected chi connectivity index (χ1v) is 3.91. The van der Waals surface area contributed by atoms with Gasteiger partial charge in [0.15, 0.2) is 0 Å². The van der Waals surface area contributed by atoms with Gasteiger partial charge in [-0.3, -0.25) is 0 Å². The average Bonchev–Trinajstić information content (AvgIpc) is 1.84. The molecule has 1 rings (SSSR count). The van der Waals surface area contributed by atoms with Crippen molar-refractivity contribution in [3.8, 4) is 12.3 Å². The van der Waals surface area contributed by atoms with E-state index in [-0.39, 0.29) is 12.2 Å². The average molecular weight is 154 g/mol. The Kier molecular flexibility index (Phi) is 2.22. The van der Waals surface area contributed by atoms with Gasteiger partial charge in [-0.05, 0) is 13.8 Å². The number of hydrogen-bond acceptors (Lipinski definition) is 2. The van der Waals surface area contributed by atoms with Gasteiger partial charge in [0.1, 0.15) is 5.60 Å². The quantitative estimate of drug-likeness (QED) is 0.526. The second-order valence-electron chi connectivity index (χ2n) is 3.34. The van der Waals surface area contributed by atoms with Crippen molar-refractivity contribution in [2.45, 2.75) is 44.5 Å². The summed E-state index contributed by atoms with van der Waals surface area (Å²) in [6, 6.07) is 0. The molecule has 2 atom stereocenters. The van der Waals surface area contributed by atoms with E-state index in [9.17, 15) is 5.11 Å². The molecule has 2 unspecified atom stereocenters. The summed E-state index contributed by atoms with van der Waals surface area (Å²) in [6.07, 6.45) is 6.44. The lowest BCUT2D eigenvalue weighted by molar-refractivity contribution is -0.106. The predicted octanol–water partition coefficient (Wildman–Crippen LogP) is 0.938. The van der Waals surface area contributed by atoms with Crippen molar-refractivity contribution in [2.24, 2.45) is 0 Å². The highest BCUT2D eigenvalue weighted by molar-refractivity contribution is 5.10. The molecule has 0 bridgehead atoms. The molecule has 0 aromatic rings. The maximum Gasteiger partial charge on any atom is 0.130 e. The molecular weight excluding hydrogens is 140 g/mol. The minimum absolute atomic E-state index is 0.0693. The van der Waals surface area contributed by atoms with Crippen LogP contribution in [0.3, 0.4) is 0 Å². The lowest BCUT2D eigenvalue weighted by atomic mass is 9.89. The van der Waals surface area contributed by atoms with E-state index in [0.717, 1.165) is 0 Å².